The van der Waals surface area contributed by atoms with E-state index in [-0.39, 0.29) is 31.8 Å². The van der Waals surface area contributed by atoms with Crippen molar-refractivity contribution in [2.24, 2.45) is 5.41 Å². The van der Waals surface area contributed by atoms with Crippen molar-refractivity contribution >= 4 is 5.91 Å². The predicted octanol–water partition coefficient (Wildman–Crippen LogP) is 1.89. The summed E-state index contributed by atoms with van der Waals surface area (Å²) < 4.78 is 39.9. The zero-order valence-electron chi connectivity index (χ0n) is 11.6. The summed E-state index contributed by atoms with van der Waals surface area (Å²) in [6, 6.07) is 6.02. The van der Waals surface area contributed by atoms with E-state index in [4.69, 9.17) is 0 Å². The van der Waals surface area contributed by atoms with E-state index in [1.165, 1.54) is 19.2 Å². The topological polar surface area (TPSA) is 52.6 Å². The maximum absolute atomic E-state index is 13.3. The third-order valence-corrected chi connectivity index (χ3v) is 3.81. The van der Waals surface area contributed by atoms with Gasteiger partial charge in [0.15, 0.2) is 5.41 Å². The summed E-state index contributed by atoms with van der Waals surface area (Å²) in [7, 11) is 1.36. The van der Waals surface area contributed by atoms with Crippen LogP contribution in [-0.4, -0.2) is 42.2 Å². The van der Waals surface area contributed by atoms with Gasteiger partial charge in [-0.25, -0.2) is 0 Å². The molecule has 1 heterocycles. The number of rotatable bonds is 3. The highest BCUT2D eigenvalue weighted by atomic mass is 19.4. The Morgan fingerprint density at radius 2 is 2.00 bits per heavy atom. The second-order valence-electron chi connectivity index (χ2n) is 5.33. The fraction of sp³-hybridized carbons (Fsp3) is 0.500. The van der Waals surface area contributed by atoms with Crippen LogP contribution in [0.3, 0.4) is 0 Å². The number of benzene rings is 1. The molecule has 116 valence electrons. The summed E-state index contributed by atoms with van der Waals surface area (Å²) in [6.07, 6.45) is -4.81. The number of phenolic OH excluding ortho intramolecular Hbond substituents is 1. The van der Waals surface area contributed by atoms with Gasteiger partial charge >= 0.3 is 6.18 Å². The van der Waals surface area contributed by atoms with E-state index in [0.717, 1.165) is 4.90 Å². The maximum atomic E-state index is 13.3. The molecule has 21 heavy (non-hydrogen) atoms. The molecule has 1 aromatic rings. The molecule has 0 spiro atoms. The molecule has 1 unspecified atom stereocenters. The van der Waals surface area contributed by atoms with Gasteiger partial charge in [0, 0.05) is 20.1 Å². The summed E-state index contributed by atoms with van der Waals surface area (Å²) >= 11 is 0. The number of alkyl halides is 3. The summed E-state index contributed by atoms with van der Waals surface area (Å²) in [5, 5.41) is 11.8. The molecule has 1 aromatic carbocycles. The molecule has 0 radical (unpaired) electrons. The second-order valence-corrected chi connectivity index (χ2v) is 5.33. The summed E-state index contributed by atoms with van der Waals surface area (Å²) in [5.74, 6) is -0.854. The lowest BCUT2D eigenvalue weighted by Crippen LogP contribution is -2.52. The highest BCUT2D eigenvalue weighted by Gasteiger charge is 2.62. The Labute approximate surface area is 120 Å². The Morgan fingerprint density at radius 3 is 2.48 bits per heavy atom. The van der Waals surface area contributed by atoms with Crippen molar-refractivity contribution in [3.63, 3.8) is 0 Å². The molecule has 0 aliphatic carbocycles. The Bertz CT molecular complexity index is 508. The second kappa shape index (κ2) is 5.55. The van der Waals surface area contributed by atoms with Gasteiger partial charge in [0.25, 0.3) is 0 Å². The number of amides is 1. The van der Waals surface area contributed by atoms with Gasteiger partial charge in [0.1, 0.15) is 5.75 Å². The van der Waals surface area contributed by atoms with Gasteiger partial charge in [0.2, 0.25) is 5.91 Å². The molecule has 7 heteroatoms. The van der Waals surface area contributed by atoms with Crippen LogP contribution in [-0.2, 0) is 11.3 Å². The van der Waals surface area contributed by atoms with Crippen LogP contribution in [0.4, 0.5) is 13.2 Å². The van der Waals surface area contributed by atoms with Gasteiger partial charge < -0.3 is 15.3 Å². The molecule has 0 bridgehead atoms. The first-order valence-electron chi connectivity index (χ1n) is 6.57. The first-order valence-corrected chi connectivity index (χ1v) is 6.57. The van der Waals surface area contributed by atoms with E-state index in [9.17, 15) is 23.1 Å². The highest BCUT2D eigenvalue weighted by molar-refractivity contribution is 5.84. The van der Waals surface area contributed by atoms with Crippen LogP contribution in [0.25, 0.3) is 0 Å². The fourth-order valence-electron chi connectivity index (χ4n) is 2.55. The molecule has 1 saturated heterocycles. The van der Waals surface area contributed by atoms with E-state index < -0.39 is 17.5 Å². The number of aromatic hydroxyl groups is 1. The summed E-state index contributed by atoms with van der Waals surface area (Å²) in [5.41, 5.74) is -1.68. The van der Waals surface area contributed by atoms with E-state index >= 15 is 0 Å². The van der Waals surface area contributed by atoms with Crippen LogP contribution < -0.4 is 5.32 Å². The number of carbonyl (C=O) groups excluding carboxylic acids is 1. The van der Waals surface area contributed by atoms with Crippen molar-refractivity contribution < 1.29 is 23.1 Å². The molecule has 0 aromatic heterocycles. The lowest BCUT2D eigenvalue weighted by Gasteiger charge is -2.33. The normalized spacial score (nSPS) is 22.3. The Kier molecular flexibility index (Phi) is 4.13. The van der Waals surface area contributed by atoms with Crippen LogP contribution in [0.2, 0.25) is 0 Å². The minimum absolute atomic E-state index is 0.0664. The zero-order valence-corrected chi connectivity index (χ0v) is 11.6. The Morgan fingerprint density at radius 1 is 1.38 bits per heavy atom. The molecule has 0 saturated carbocycles. The third kappa shape index (κ3) is 2.97. The van der Waals surface area contributed by atoms with Gasteiger partial charge in [-0.3, -0.25) is 4.79 Å². The minimum atomic E-state index is -4.57. The summed E-state index contributed by atoms with van der Waals surface area (Å²) in [4.78, 5) is 13.4. The zero-order chi connectivity index (χ0) is 15.7. The van der Waals surface area contributed by atoms with Gasteiger partial charge in [0.05, 0.1) is 0 Å². The average molecular weight is 302 g/mol. The number of hydrogen-bond acceptors (Lipinski definition) is 3. The molecular formula is C14H17F3N2O2. The Balaban J connectivity index is 2.15. The van der Waals surface area contributed by atoms with Crippen molar-refractivity contribution in [1.82, 2.24) is 10.2 Å². The molecule has 1 atom stereocenters. The van der Waals surface area contributed by atoms with Crippen LogP contribution >= 0.6 is 0 Å². The summed E-state index contributed by atoms with van der Waals surface area (Å²) in [6.45, 7) is -0.134. The smallest absolute Gasteiger partial charge is 0.404 e. The van der Waals surface area contributed by atoms with Crippen molar-refractivity contribution in [2.75, 3.05) is 20.1 Å². The quantitative estimate of drug-likeness (QED) is 0.896. The molecule has 1 aliphatic heterocycles. The number of hydrogen-bond donors (Lipinski definition) is 2. The van der Waals surface area contributed by atoms with Crippen LogP contribution in [0.15, 0.2) is 24.3 Å². The van der Waals surface area contributed by atoms with E-state index in [2.05, 4.69) is 5.32 Å². The van der Waals surface area contributed by atoms with Crippen molar-refractivity contribution in [1.29, 1.82) is 0 Å². The van der Waals surface area contributed by atoms with Crippen LogP contribution in [0.1, 0.15) is 12.0 Å². The van der Waals surface area contributed by atoms with Gasteiger partial charge in [-0.15, -0.1) is 0 Å². The minimum Gasteiger partial charge on any atom is -0.508 e. The van der Waals surface area contributed by atoms with Crippen LogP contribution in [0.5, 0.6) is 5.75 Å². The predicted molar refractivity (Wildman–Crippen MR) is 70.6 cm³/mol. The standard InChI is InChI=1S/C14H17F3N2O2/c1-19(8-10-2-4-11(20)5-3-10)12(21)13(14(15,16)17)6-7-18-9-13/h2-5,18,20H,6-9H2,1H3. The third-order valence-electron chi connectivity index (χ3n) is 3.81. The first kappa shape index (κ1) is 15.6. The van der Waals surface area contributed by atoms with Gasteiger partial charge in [-0.1, -0.05) is 12.1 Å². The number of nitrogens with zero attached hydrogens (tertiary/aromatic N) is 1. The fourth-order valence-corrected chi connectivity index (χ4v) is 2.55. The van der Waals surface area contributed by atoms with E-state index in [0.29, 0.717) is 5.56 Å². The Hall–Kier alpha value is -1.76. The largest absolute Gasteiger partial charge is 0.508 e. The van der Waals surface area contributed by atoms with Gasteiger partial charge in [-0.2, -0.15) is 13.2 Å². The highest BCUT2D eigenvalue weighted by Crippen LogP contribution is 2.44. The number of halogens is 3. The van der Waals surface area contributed by atoms with E-state index in [1.807, 2.05) is 0 Å². The van der Waals surface area contributed by atoms with Crippen molar-refractivity contribution in [3.8, 4) is 5.75 Å². The molecular weight excluding hydrogens is 285 g/mol. The monoisotopic (exact) mass is 302 g/mol. The average Bonchev–Trinajstić information content (AvgIpc) is 2.90. The lowest BCUT2D eigenvalue weighted by atomic mass is 9.84. The number of nitrogens with one attached hydrogen (secondary N) is 1. The molecule has 2 N–H and O–H groups in total. The number of carbonyl (C=O) groups is 1. The van der Waals surface area contributed by atoms with E-state index in [1.54, 1.807) is 12.1 Å². The lowest BCUT2D eigenvalue weighted by molar-refractivity contribution is -0.221. The van der Waals surface area contributed by atoms with Crippen molar-refractivity contribution in [2.45, 2.75) is 19.1 Å². The molecule has 4 nitrogen and oxygen atoms in total. The van der Waals surface area contributed by atoms with Crippen LogP contribution in [0, 0.1) is 5.41 Å². The molecule has 1 aliphatic rings. The maximum Gasteiger partial charge on any atom is 0.404 e. The molecule has 1 fully saturated rings. The number of phenols is 1. The van der Waals surface area contributed by atoms with Crippen molar-refractivity contribution in [3.05, 3.63) is 29.8 Å². The molecule has 1 amide bonds. The SMILES string of the molecule is CN(Cc1ccc(O)cc1)C(=O)C1(C(F)(F)F)CCNC1. The van der Waals surface area contributed by atoms with Gasteiger partial charge in [-0.05, 0) is 30.7 Å². The first-order chi connectivity index (χ1) is 9.76. The molecule has 2 rings (SSSR count).